The van der Waals surface area contributed by atoms with Gasteiger partial charge in [0.1, 0.15) is 17.4 Å². The van der Waals surface area contributed by atoms with Gasteiger partial charge in [0.05, 0.1) is 17.0 Å². The van der Waals surface area contributed by atoms with Crippen molar-refractivity contribution in [2.45, 2.75) is 0 Å². The second kappa shape index (κ2) is 3.21. The van der Waals surface area contributed by atoms with Crippen LogP contribution in [-0.2, 0) is 0 Å². The number of nitrogens with zero attached hydrogens (tertiary/aromatic N) is 1. The van der Waals surface area contributed by atoms with Crippen molar-refractivity contribution in [2.24, 2.45) is 0 Å². The predicted octanol–water partition coefficient (Wildman–Crippen LogP) is 2.70. The highest BCUT2D eigenvalue weighted by molar-refractivity contribution is 5.90. The van der Waals surface area contributed by atoms with Gasteiger partial charge in [-0.15, -0.1) is 0 Å². The van der Waals surface area contributed by atoms with E-state index in [-0.39, 0.29) is 22.1 Å². The maximum atomic E-state index is 13.3. The van der Waals surface area contributed by atoms with E-state index in [9.17, 15) is 13.9 Å². The molecule has 0 fully saturated rings. The molecular formula is C11H5F2NO. The lowest BCUT2D eigenvalue weighted by Crippen LogP contribution is -1.86. The van der Waals surface area contributed by atoms with Crippen molar-refractivity contribution in [1.29, 1.82) is 5.26 Å². The fourth-order valence-corrected chi connectivity index (χ4v) is 1.47. The van der Waals surface area contributed by atoms with Gasteiger partial charge in [-0.2, -0.15) is 5.26 Å². The maximum absolute atomic E-state index is 13.3. The average molecular weight is 205 g/mol. The van der Waals surface area contributed by atoms with Gasteiger partial charge >= 0.3 is 0 Å². The van der Waals surface area contributed by atoms with E-state index in [4.69, 9.17) is 5.26 Å². The van der Waals surface area contributed by atoms with Crippen molar-refractivity contribution in [2.75, 3.05) is 0 Å². The van der Waals surface area contributed by atoms with E-state index in [0.29, 0.717) is 6.07 Å². The average Bonchev–Trinajstić information content (AvgIpc) is 2.15. The van der Waals surface area contributed by atoms with Crippen molar-refractivity contribution < 1.29 is 13.9 Å². The highest BCUT2D eigenvalue weighted by atomic mass is 19.1. The van der Waals surface area contributed by atoms with Gasteiger partial charge in [-0.05, 0) is 23.6 Å². The fourth-order valence-electron chi connectivity index (χ4n) is 1.47. The third kappa shape index (κ3) is 1.48. The molecule has 0 aliphatic heterocycles. The molecule has 0 heterocycles. The normalized spacial score (nSPS) is 10.2. The number of hydrogen-bond acceptors (Lipinski definition) is 2. The van der Waals surface area contributed by atoms with Gasteiger partial charge in [0.15, 0.2) is 0 Å². The van der Waals surface area contributed by atoms with Crippen molar-refractivity contribution in [3.63, 3.8) is 0 Å². The molecule has 0 unspecified atom stereocenters. The third-order valence-corrected chi connectivity index (χ3v) is 2.07. The van der Waals surface area contributed by atoms with Crippen molar-refractivity contribution in [1.82, 2.24) is 0 Å². The molecule has 0 aliphatic rings. The van der Waals surface area contributed by atoms with Gasteiger partial charge in [-0.1, -0.05) is 0 Å². The molecule has 0 spiro atoms. The second-order valence-electron chi connectivity index (χ2n) is 3.09. The third-order valence-electron chi connectivity index (χ3n) is 2.07. The summed E-state index contributed by atoms with van der Waals surface area (Å²) in [6.07, 6.45) is 0. The highest BCUT2D eigenvalue weighted by Gasteiger charge is 2.09. The summed E-state index contributed by atoms with van der Waals surface area (Å²) in [5.41, 5.74) is 0.157. The Bertz CT molecular complexity index is 587. The summed E-state index contributed by atoms with van der Waals surface area (Å²) in [5.74, 6) is -1.94. The first-order chi connectivity index (χ1) is 7.11. The minimum absolute atomic E-state index is 0.0737. The summed E-state index contributed by atoms with van der Waals surface area (Å²) in [5, 5.41) is 18.1. The molecule has 15 heavy (non-hydrogen) atoms. The summed E-state index contributed by atoms with van der Waals surface area (Å²) in [6, 6.07) is 6.01. The summed E-state index contributed by atoms with van der Waals surface area (Å²) in [6.45, 7) is 0. The Kier molecular flexibility index (Phi) is 2.01. The van der Waals surface area contributed by atoms with Gasteiger partial charge in [-0.3, -0.25) is 0 Å². The fraction of sp³-hybridized carbons (Fsp3) is 0. The monoisotopic (exact) mass is 205 g/mol. The minimum Gasteiger partial charge on any atom is -0.507 e. The van der Waals surface area contributed by atoms with Crippen LogP contribution < -0.4 is 0 Å². The Morgan fingerprint density at radius 1 is 1.13 bits per heavy atom. The largest absolute Gasteiger partial charge is 0.507 e. The first kappa shape index (κ1) is 9.41. The SMILES string of the molecule is N#Cc1cc(O)c2c(F)cc(F)cc2c1. The number of aromatic hydroxyl groups is 1. The van der Waals surface area contributed by atoms with E-state index in [1.807, 2.05) is 0 Å². The lowest BCUT2D eigenvalue weighted by Gasteiger charge is -2.03. The van der Waals surface area contributed by atoms with Crippen LogP contribution in [0.25, 0.3) is 10.8 Å². The standard InChI is InChI=1S/C11H5F2NO/c12-8-3-7-1-6(5-14)2-10(15)11(7)9(13)4-8/h1-4,15H. The molecule has 0 radical (unpaired) electrons. The molecule has 1 N–H and O–H groups in total. The van der Waals surface area contributed by atoms with Crippen LogP contribution in [0, 0.1) is 23.0 Å². The summed E-state index contributed by atoms with van der Waals surface area (Å²) in [7, 11) is 0. The molecule has 74 valence electrons. The van der Waals surface area contributed by atoms with Crippen LogP contribution >= 0.6 is 0 Å². The molecular weight excluding hydrogens is 200 g/mol. The van der Waals surface area contributed by atoms with E-state index >= 15 is 0 Å². The lowest BCUT2D eigenvalue weighted by atomic mass is 10.1. The Morgan fingerprint density at radius 2 is 1.87 bits per heavy atom. The molecule has 0 saturated carbocycles. The molecule has 2 nitrogen and oxygen atoms in total. The van der Waals surface area contributed by atoms with Gasteiger partial charge in [0.2, 0.25) is 0 Å². The van der Waals surface area contributed by atoms with E-state index in [1.165, 1.54) is 6.07 Å². The zero-order chi connectivity index (χ0) is 11.0. The lowest BCUT2D eigenvalue weighted by molar-refractivity contribution is 0.478. The minimum atomic E-state index is -0.841. The highest BCUT2D eigenvalue weighted by Crippen LogP contribution is 2.29. The Hall–Kier alpha value is -2.15. The molecule has 2 aromatic rings. The molecule has 0 atom stereocenters. The number of nitriles is 1. The van der Waals surface area contributed by atoms with Gasteiger partial charge in [-0.25, -0.2) is 8.78 Å². The van der Waals surface area contributed by atoms with E-state index in [0.717, 1.165) is 12.1 Å². The van der Waals surface area contributed by atoms with Crippen molar-refractivity contribution in [3.8, 4) is 11.8 Å². The van der Waals surface area contributed by atoms with Crippen molar-refractivity contribution in [3.05, 3.63) is 41.5 Å². The number of halogens is 2. The van der Waals surface area contributed by atoms with Crippen LogP contribution in [0.1, 0.15) is 5.56 Å². The van der Waals surface area contributed by atoms with Gasteiger partial charge in [0, 0.05) is 6.07 Å². The van der Waals surface area contributed by atoms with Crippen molar-refractivity contribution >= 4 is 10.8 Å². The zero-order valence-corrected chi connectivity index (χ0v) is 7.46. The number of benzene rings is 2. The quantitative estimate of drug-likeness (QED) is 0.718. The molecule has 2 aromatic carbocycles. The molecule has 0 aliphatic carbocycles. The molecule has 2 rings (SSSR count). The molecule has 0 bridgehead atoms. The van der Waals surface area contributed by atoms with E-state index in [1.54, 1.807) is 6.07 Å². The van der Waals surface area contributed by atoms with Crippen LogP contribution in [0.15, 0.2) is 24.3 Å². The van der Waals surface area contributed by atoms with Crippen LogP contribution in [0.2, 0.25) is 0 Å². The van der Waals surface area contributed by atoms with Crippen LogP contribution in [0.4, 0.5) is 8.78 Å². The smallest absolute Gasteiger partial charge is 0.137 e. The topological polar surface area (TPSA) is 44.0 Å². The molecule has 0 aromatic heterocycles. The molecule has 0 saturated heterocycles. The van der Waals surface area contributed by atoms with E-state index < -0.39 is 11.6 Å². The number of fused-ring (bicyclic) bond motifs is 1. The summed E-state index contributed by atoms with van der Waals surface area (Å²) >= 11 is 0. The predicted molar refractivity (Wildman–Crippen MR) is 50.2 cm³/mol. The number of hydrogen-bond donors (Lipinski definition) is 1. The Balaban J connectivity index is 2.93. The number of phenols is 1. The van der Waals surface area contributed by atoms with Gasteiger partial charge in [0.25, 0.3) is 0 Å². The van der Waals surface area contributed by atoms with Gasteiger partial charge < -0.3 is 5.11 Å². The molecule has 4 heteroatoms. The maximum Gasteiger partial charge on any atom is 0.137 e. The molecule has 0 amide bonds. The summed E-state index contributed by atoms with van der Waals surface area (Å²) in [4.78, 5) is 0. The van der Waals surface area contributed by atoms with Crippen LogP contribution in [0.3, 0.4) is 0 Å². The van der Waals surface area contributed by atoms with Crippen LogP contribution in [0.5, 0.6) is 5.75 Å². The first-order valence-corrected chi connectivity index (χ1v) is 4.13. The van der Waals surface area contributed by atoms with Crippen LogP contribution in [-0.4, -0.2) is 5.11 Å². The zero-order valence-electron chi connectivity index (χ0n) is 7.46. The first-order valence-electron chi connectivity index (χ1n) is 4.13. The summed E-state index contributed by atoms with van der Waals surface area (Å²) < 4.78 is 26.1. The van der Waals surface area contributed by atoms with E-state index in [2.05, 4.69) is 0 Å². The Morgan fingerprint density at radius 3 is 2.53 bits per heavy atom. The second-order valence-corrected chi connectivity index (χ2v) is 3.09. The number of rotatable bonds is 0. The number of phenolic OH excluding ortho intramolecular Hbond substituents is 1. The Labute approximate surface area is 84.0 Å².